The van der Waals surface area contributed by atoms with E-state index in [4.69, 9.17) is 16.3 Å². The van der Waals surface area contributed by atoms with Crippen LogP contribution in [0, 0.1) is 0 Å². The average molecular weight is 412 g/mol. The Morgan fingerprint density at radius 3 is 2.66 bits per heavy atom. The molecule has 1 saturated carbocycles. The minimum absolute atomic E-state index is 0.167. The zero-order valence-electron chi connectivity index (χ0n) is 15.8. The Labute approximate surface area is 174 Å². The summed E-state index contributed by atoms with van der Waals surface area (Å²) in [5.74, 6) is 0.417. The molecule has 2 unspecified atom stereocenters. The van der Waals surface area contributed by atoms with Gasteiger partial charge in [-0.05, 0) is 55.7 Å². The molecule has 3 aromatic rings. The number of para-hydroxylation sites is 1. The van der Waals surface area contributed by atoms with Crippen molar-refractivity contribution < 1.29 is 14.6 Å². The Hall–Kier alpha value is -2.83. The molecule has 1 heterocycles. The number of hydrogen-bond acceptors (Lipinski definition) is 4. The average Bonchev–Trinajstić information content (AvgIpc) is 3.22. The van der Waals surface area contributed by atoms with Crippen LogP contribution in [0.2, 0.25) is 5.02 Å². The zero-order valence-corrected chi connectivity index (χ0v) is 16.5. The van der Waals surface area contributed by atoms with Gasteiger partial charge in [0.2, 0.25) is 0 Å². The van der Waals surface area contributed by atoms with E-state index in [9.17, 15) is 9.90 Å². The van der Waals surface area contributed by atoms with Crippen molar-refractivity contribution in [3.63, 3.8) is 0 Å². The van der Waals surface area contributed by atoms with Gasteiger partial charge in [0.05, 0.1) is 28.6 Å². The van der Waals surface area contributed by atoms with Crippen LogP contribution >= 0.6 is 11.6 Å². The summed E-state index contributed by atoms with van der Waals surface area (Å²) in [6.45, 7) is 0. The molecule has 0 aliphatic heterocycles. The van der Waals surface area contributed by atoms with Crippen molar-refractivity contribution >= 4 is 23.2 Å². The van der Waals surface area contributed by atoms with Crippen LogP contribution in [0.3, 0.4) is 0 Å². The summed E-state index contributed by atoms with van der Waals surface area (Å²) in [6.07, 6.45) is 6.30. The minimum atomic E-state index is -0.419. The van der Waals surface area contributed by atoms with Crippen LogP contribution in [0.25, 0.3) is 5.69 Å². The first-order valence-electron chi connectivity index (χ1n) is 9.66. The quantitative estimate of drug-likeness (QED) is 0.649. The van der Waals surface area contributed by atoms with Gasteiger partial charge in [-0.2, -0.15) is 5.10 Å². The van der Waals surface area contributed by atoms with E-state index in [1.807, 2.05) is 18.2 Å². The predicted molar refractivity (Wildman–Crippen MR) is 112 cm³/mol. The third kappa shape index (κ3) is 4.60. The number of aliphatic hydroxyl groups excluding tert-OH is 1. The highest BCUT2D eigenvalue weighted by molar-refractivity contribution is 6.32. The maximum absolute atomic E-state index is 12.5. The van der Waals surface area contributed by atoms with Crippen LogP contribution in [0.4, 0.5) is 5.69 Å². The summed E-state index contributed by atoms with van der Waals surface area (Å²) >= 11 is 6.18. The van der Waals surface area contributed by atoms with E-state index in [0.29, 0.717) is 27.7 Å². The van der Waals surface area contributed by atoms with Gasteiger partial charge in [-0.1, -0.05) is 30.2 Å². The summed E-state index contributed by atoms with van der Waals surface area (Å²) in [4.78, 5) is 12.5. The molecule has 2 atom stereocenters. The number of halogens is 1. The SMILES string of the molecule is O=C(Nc1ccc(OC2CCCCC2O)cc1)c1cnn(-c2ccccc2Cl)c1. The van der Waals surface area contributed by atoms with Crippen molar-refractivity contribution in [2.24, 2.45) is 0 Å². The van der Waals surface area contributed by atoms with Crippen LogP contribution in [-0.2, 0) is 0 Å². The largest absolute Gasteiger partial charge is 0.488 e. The molecular formula is C22H22ClN3O3. The van der Waals surface area contributed by atoms with Crippen molar-refractivity contribution in [2.75, 3.05) is 5.32 Å². The Morgan fingerprint density at radius 2 is 1.90 bits per heavy atom. The predicted octanol–water partition coefficient (Wildman–Crippen LogP) is 4.46. The van der Waals surface area contributed by atoms with Gasteiger partial charge >= 0.3 is 0 Å². The van der Waals surface area contributed by atoms with E-state index in [2.05, 4.69) is 10.4 Å². The monoisotopic (exact) mass is 411 g/mol. The number of aromatic nitrogens is 2. The fourth-order valence-electron chi connectivity index (χ4n) is 3.42. The number of aliphatic hydroxyl groups is 1. The van der Waals surface area contributed by atoms with Crippen LogP contribution in [0.1, 0.15) is 36.0 Å². The lowest BCUT2D eigenvalue weighted by Crippen LogP contribution is -2.34. The van der Waals surface area contributed by atoms with E-state index in [0.717, 1.165) is 25.7 Å². The van der Waals surface area contributed by atoms with Gasteiger partial charge in [0.15, 0.2) is 0 Å². The van der Waals surface area contributed by atoms with Gasteiger partial charge in [0, 0.05) is 11.9 Å². The van der Waals surface area contributed by atoms with Gasteiger partial charge in [0.25, 0.3) is 5.91 Å². The molecule has 7 heteroatoms. The second-order valence-electron chi connectivity index (χ2n) is 7.11. The highest BCUT2D eigenvalue weighted by Gasteiger charge is 2.24. The normalized spacial score (nSPS) is 19.0. The molecule has 150 valence electrons. The summed E-state index contributed by atoms with van der Waals surface area (Å²) in [7, 11) is 0. The molecule has 1 fully saturated rings. The lowest BCUT2D eigenvalue weighted by Gasteiger charge is -2.28. The van der Waals surface area contributed by atoms with Gasteiger partial charge in [0.1, 0.15) is 11.9 Å². The highest BCUT2D eigenvalue weighted by atomic mass is 35.5. The molecule has 29 heavy (non-hydrogen) atoms. The molecule has 2 N–H and O–H groups in total. The maximum Gasteiger partial charge on any atom is 0.258 e. The number of ether oxygens (including phenoxy) is 1. The van der Waals surface area contributed by atoms with Crippen LogP contribution < -0.4 is 10.1 Å². The van der Waals surface area contributed by atoms with E-state index < -0.39 is 6.10 Å². The van der Waals surface area contributed by atoms with Crippen LogP contribution in [0.5, 0.6) is 5.75 Å². The van der Waals surface area contributed by atoms with Crippen molar-refractivity contribution in [3.8, 4) is 11.4 Å². The molecule has 1 aromatic heterocycles. The number of amides is 1. The van der Waals surface area contributed by atoms with E-state index in [1.165, 1.54) is 6.20 Å². The van der Waals surface area contributed by atoms with Crippen molar-refractivity contribution in [1.29, 1.82) is 0 Å². The molecular weight excluding hydrogens is 390 g/mol. The molecule has 4 rings (SSSR count). The van der Waals surface area contributed by atoms with Crippen LogP contribution in [0.15, 0.2) is 60.9 Å². The van der Waals surface area contributed by atoms with E-state index >= 15 is 0 Å². The maximum atomic E-state index is 12.5. The van der Waals surface area contributed by atoms with Crippen molar-refractivity contribution in [1.82, 2.24) is 9.78 Å². The number of nitrogens with zero attached hydrogens (tertiary/aromatic N) is 2. The third-order valence-electron chi connectivity index (χ3n) is 5.01. The number of nitrogens with one attached hydrogen (secondary N) is 1. The summed E-state index contributed by atoms with van der Waals surface area (Å²) < 4.78 is 7.46. The lowest BCUT2D eigenvalue weighted by molar-refractivity contribution is 0.00688. The first kappa shape index (κ1) is 19.5. The Bertz CT molecular complexity index is 987. The summed E-state index contributed by atoms with van der Waals surface area (Å²) in [6, 6.07) is 14.5. The van der Waals surface area contributed by atoms with Crippen molar-refractivity contribution in [3.05, 3.63) is 71.5 Å². The zero-order chi connectivity index (χ0) is 20.2. The number of benzene rings is 2. The Balaban J connectivity index is 1.39. The highest BCUT2D eigenvalue weighted by Crippen LogP contribution is 2.25. The second kappa shape index (κ2) is 8.68. The molecule has 1 aliphatic carbocycles. The molecule has 1 aliphatic rings. The molecule has 0 saturated heterocycles. The van der Waals surface area contributed by atoms with Gasteiger partial charge in [-0.3, -0.25) is 4.79 Å². The Morgan fingerprint density at radius 1 is 1.14 bits per heavy atom. The molecule has 6 nitrogen and oxygen atoms in total. The minimum Gasteiger partial charge on any atom is -0.488 e. The number of anilines is 1. The fourth-order valence-corrected chi connectivity index (χ4v) is 3.64. The third-order valence-corrected chi connectivity index (χ3v) is 5.33. The number of rotatable bonds is 5. The number of carbonyl (C=O) groups excluding carboxylic acids is 1. The molecule has 0 radical (unpaired) electrons. The standard InChI is InChI=1S/C22H22ClN3O3/c23-18-5-1-2-6-19(18)26-14-15(13-24-26)22(28)25-16-9-11-17(12-10-16)29-21-8-4-3-7-20(21)27/h1-2,5-6,9-14,20-21,27H,3-4,7-8H2,(H,25,28). The summed E-state index contributed by atoms with van der Waals surface area (Å²) in [5.41, 5.74) is 1.78. The van der Waals surface area contributed by atoms with Crippen molar-refractivity contribution in [2.45, 2.75) is 37.9 Å². The van der Waals surface area contributed by atoms with E-state index in [1.54, 1.807) is 41.2 Å². The first-order valence-corrected chi connectivity index (χ1v) is 10.0. The smallest absolute Gasteiger partial charge is 0.258 e. The van der Waals surface area contributed by atoms with Gasteiger partial charge in [-0.15, -0.1) is 0 Å². The second-order valence-corrected chi connectivity index (χ2v) is 7.52. The topological polar surface area (TPSA) is 76.4 Å². The first-order chi connectivity index (χ1) is 14.1. The Kier molecular flexibility index (Phi) is 5.83. The number of hydrogen-bond donors (Lipinski definition) is 2. The molecule has 0 bridgehead atoms. The number of carbonyl (C=O) groups is 1. The molecule has 1 amide bonds. The molecule has 0 spiro atoms. The fraction of sp³-hybridized carbons (Fsp3) is 0.273. The molecule has 2 aromatic carbocycles. The lowest BCUT2D eigenvalue weighted by atomic mass is 9.95. The summed E-state index contributed by atoms with van der Waals surface area (Å²) in [5, 5.41) is 17.7. The van der Waals surface area contributed by atoms with Crippen LogP contribution in [-0.4, -0.2) is 33.0 Å². The van der Waals surface area contributed by atoms with Gasteiger partial charge in [-0.25, -0.2) is 4.68 Å². The van der Waals surface area contributed by atoms with E-state index in [-0.39, 0.29) is 12.0 Å². The van der Waals surface area contributed by atoms with Gasteiger partial charge < -0.3 is 15.2 Å².